The number of amides is 1. The van der Waals surface area contributed by atoms with Crippen LogP contribution in [0.25, 0.3) is 0 Å². The molecule has 0 aromatic heterocycles. The molecule has 1 N–H and O–H groups in total. The maximum Gasteiger partial charge on any atom is 0.307 e. The number of nitrogens with one attached hydrogen (secondary N) is 1. The van der Waals surface area contributed by atoms with Crippen LogP contribution < -0.4 is 5.32 Å². The molecule has 7 heteroatoms. The summed E-state index contributed by atoms with van der Waals surface area (Å²) in [5.74, 6) is -2.48. The highest BCUT2D eigenvalue weighted by Crippen LogP contribution is 2.19. The van der Waals surface area contributed by atoms with Gasteiger partial charge in [0.05, 0.1) is 18.3 Å². The van der Waals surface area contributed by atoms with E-state index in [-0.39, 0.29) is 36.7 Å². The van der Waals surface area contributed by atoms with Crippen molar-refractivity contribution in [2.75, 3.05) is 12.3 Å². The van der Waals surface area contributed by atoms with E-state index in [1.54, 1.807) is 13.8 Å². The fraction of sp³-hybridized carbons (Fsp3) is 0.429. The second-order valence-corrected chi connectivity index (χ2v) is 5.55. The first-order valence-corrected chi connectivity index (χ1v) is 7.41. The summed E-state index contributed by atoms with van der Waals surface area (Å²) in [4.78, 5) is 23.2. The van der Waals surface area contributed by atoms with Gasteiger partial charge in [0.25, 0.3) is 0 Å². The molecule has 0 aliphatic heterocycles. The van der Waals surface area contributed by atoms with E-state index in [4.69, 9.17) is 4.74 Å². The molecule has 0 unspecified atom stereocenters. The van der Waals surface area contributed by atoms with Gasteiger partial charge >= 0.3 is 5.97 Å². The molecule has 0 fully saturated rings. The van der Waals surface area contributed by atoms with Crippen LogP contribution in [0.15, 0.2) is 23.1 Å². The van der Waals surface area contributed by atoms with Crippen molar-refractivity contribution in [3.05, 3.63) is 29.8 Å². The minimum atomic E-state index is -0.947. The summed E-state index contributed by atoms with van der Waals surface area (Å²) < 4.78 is 30.6. The van der Waals surface area contributed by atoms with Gasteiger partial charge in [0, 0.05) is 11.4 Å². The van der Waals surface area contributed by atoms with Crippen molar-refractivity contribution in [1.29, 1.82) is 0 Å². The molecule has 0 saturated heterocycles. The lowest BCUT2D eigenvalue weighted by molar-refractivity contribution is -0.147. The maximum atomic E-state index is 13.0. The predicted molar refractivity (Wildman–Crippen MR) is 75.9 cm³/mol. The Morgan fingerprint density at radius 1 is 1.29 bits per heavy atom. The van der Waals surface area contributed by atoms with E-state index in [1.165, 1.54) is 6.07 Å². The molecule has 116 valence electrons. The average Bonchev–Trinajstić information content (AvgIpc) is 2.39. The number of halogens is 2. The standard InChI is InChI=1S/C14H17F2NO3S/c1-9(2)20-14(19)5-6-17-13(18)8-21-10-3-4-11(15)12(16)7-10/h3-4,7,9H,5-6,8H2,1-2H3,(H,17,18). The van der Waals surface area contributed by atoms with Gasteiger partial charge in [0.1, 0.15) is 0 Å². The largest absolute Gasteiger partial charge is 0.463 e. The van der Waals surface area contributed by atoms with Gasteiger partial charge in [-0.15, -0.1) is 11.8 Å². The number of carbonyl (C=O) groups is 2. The van der Waals surface area contributed by atoms with Gasteiger partial charge in [0.2, 0.25) is 5.91 Å². The highest BCUT2D eigenvalue weighted by molar-refractivity contribution is 8.00. The number of carbonyl (C=O) groups excluding carboxylic acids is 2. The Labute approximate surface area is 126 Å². The monoisotopic (exact) mass is 317 g/mol. The van der Waals surface area contributed by atoms with Gasteiger partial charge in [-0.1, -0.05) is 0 Å². The second kappa shape index (κ2) is 8.61. The van der Waals surface area contributed by atoms with E-state index in [0.29, 0.717) is 4.90 Å². The molecule has 0 heterocycles. The third kappa shape index (κ3) is 7.08. The van der Waals surface area contributed by atoms with Crippen molar-refractivity contribution in [3.63, 3.8) is 0 Å². The Balaban J connectivity index is 2.25. The predicted octanol–water partition coefficient (Wildman–Crippen LogP) is 2.51. The summed E-state index contributed by atoms with van der Waals surface area (Å²) in [5.41, 5.74) is 0. The summed E-state index contributed by atoms with van der Waals surface area (Å²) in [6.45, 7) is 3.67. The number of hydrogen-bond acceptors (Lipinski definition) is 4. The van der Waals surface area contributed by atoms with Crippen molar-refractivity contribution in [3.8, 4) is 0 Å². The van der Waals surface area contributed by atoms with Crippen LogP contribution in [0.5, 0.6) is 0 Å². The quantitative estimate of drug-likeness (QED) is 0.620. The molecular weight excluding hydrogens is 300 g/mol. The molecule has 0 saturated carbocycles. The second-order valence-electron chi connectivity index (χ2n) is 4.50. The minimum absolute atomic E-state index is 0.0598. The fourth-order valence-electron chi connectivity index (χ4n) is 1.39. The molecule has 0 spiro atoms. The molecule has 0 aliphatic rings. The zero-order valence-electron chi connectivity index (χ0n) is 11.8. The van der Waals surface area contributed by atoms with E-state index >= 15 is 0 Å². The Morgan fingerprint density at radius 3 is 2.62 bits per heavy atom. The SMILES string of the molecule is CC(C)OC(=O)CCNC(=O)CSc1ccc(F)c(F)c1. The highest BCUT2D eigenvalue weighted by Gasteiger charge is 2.08. The summed E-state index contributed by atoms with van der Waals surface area (Å²) in [7, 11) is 0. The van der Waals surface area contributed by atoms with Crippen molar-refractivity contribution >= 4 is 23.6 Å². The minimum Gasteiger partial charge on any atom is -0.463 e. The van der Waals surface area contributed by atoms with Crippen molar-refractivity contribution < 1.29 is 23.1 Å². The van der Waals surface area contributed by atoms with Crippen LogP contribution in [-0.2, 0) is 14.3 Å². The van der Waals surface area contributed by atoms with Crippen molar-refractivity contribution in [1.82, 2.24) is 5.32 Å². The Hall–Kier alpha value is -1.63. The first-order chi connectivity index (χ1) is 9.88. The van der Waals surface area contributed by atoms with Gasteiger partial charge in [0.15, 0.2) is 11.6 Å². The summed E-state index contributed by atoms with van der Waals surface area (Å²) >= 11 is 1.09. The zero-order valence-corrected chi connectivity index (χ0v) is 12.6. The van der Waals surface area contributed by atoms with Gasteiger partial charge in [-0.3, -0.25) is 9.59 Å². The molecular formula is C14H17F2NO3S. The van der Waals surface area contributed by atoms with E-state index in [1.807, 2.05) is 0 Å². The lowest BCUT2D eigenvalue weighted by atomic mass is 10.3. The van der Waals surface area contributed by atoms with Crippen LogP contribution in [0, 0.1) is 11.6 Å². The average molecular weight is 317 g/mol. The topological polar surface area (TPSA) is 55.4 Å². The van der Waals surface area contributed by atoms with Crippen LogP contribution >= 0.6 is 11.8 Å². The first-order valence-electron chi connectivity index (χ1n) is 6.42. The molecule has 0 radical (unpaired) electrons. The fourth-order valence-corrected chi connectivity index (χ4v) is 2.14. The Morgan fingerprint density at radius 2 is 2.00 bits per heavy atom. The van der Waals surface area contributed by atoms with Crippen LogP contribution in [0.3, 0.4) is 0 Å². The molecule has 0 atom stereocenters. The summed E-state index contributed by atoms with van der Waals surface area (Å²) in [5, 5.41) is 2.55. The van der Waals surface area contributed by atoms with Gasteiger partial charge in [-0.05, 0) is 32.0 Å². The van der Waals surface area contributed by atoms with E-state index in [9.17, 15) is 18.4 Å². The number of thioether (sulfide) groups is 1. The van der Waals surface area contributed by atoms with Crippen LogP contribution in [0.2, 0.25) is 0 Å². The van der Waals surface area contributed by atoms with E-state index < -0.39 is 11.6 Å². The number of esters is 1. The Kier molecular flexibility index (Phi) is 7.14. The molecule has 1 rings (SSSR count). The normalized spacial score (nSPS) is 10.5. The van der Waals surface area contributed by atoms with Crippen molar-refractivity contribution in [2.45, 2.75) is 31.3 Å². The summed E-state index contributed by atoms with van der Waals surface area (Å²) in [6.07, 6.45) is -0.0862. The van der Waals surface area contributed by atoms with E-state index in [0.717, 1.165) is 23.9 Å². The van der Waals surface area contributed by atoms with E-state index in [2.05, 4.69) is 5.32 Å². The summed E-state index contributed by atoms with van der Waals surface area (Å²) in [6, 6.07) is 3.45. The number of ether oxygens (including phenoxy) is 1. The molecule has 0 bridgehead atoms. The van der Waals surface area contributed by atoms with Crippen LogP contribution in [0.1, 0.15) is 20.3 Å². The molecule has 21 heavy (non-hydrogen) atoms. The molecule has 1 aromatic rings. The smallest absolute Gasteiger partial charge is 0.307 e. The number of rotatable bonds is 7. The number of benzene rings is 1. The third-order valence-corrected chi connectivity index (χ3v) is 3.27. The molecule has 0 aliphatic carbocycles. The molecule has 1 aromatic carbocycles. The van der Waals surface area contributed by atoms with Gasteiger partial charge in [-0.2, -0.15) is 0 Å². The van der Waals surface area contributed by atoms with Gasteiger partial charge in [-0.25, -0.2) is 8.78 Å². The van der Waals surface area contributed by atoms with Crippen LogP contribution in [-0.4, -0.2) is 30.3 Å². The van der Waals surface area contributed by atoms with Gasteiger partial charge < -0.3 is 10.1 Å². The highest BCUT2D eigenvalue weighted by atomic mass is 32.2. The lowest BCUT2D eigenvalue weighted by Gasteiger charge is -2.08. The first kappa shape index (κ1) is 17.4. The van der Waals surface area contributed by atoms with Crippen LogP contribution in [0.4, 0.5) is 8.78 Å². The molecule has 4 nitrogen and oxygen atoms in total. The molecule has 1 amide bonds. The van der Waals surface area contributed by atoms with Crippen molar-refractivity contribution in [2.24, 2.45) is 0 Å². The maximum absolute atomic E-state index is 13.0. The zero-order chi connectivity index (χ0) is 15.8. The number of hydrogen-bond donors (Lipinski definition) is 1. The Bertz CT molecular complexity index is 509. The third-order valence-electron chi connectivity index (χ3n) is 2.28. The lowest BCUT2D eigenvalue weighted by Crippen LogP contribution is -2.28.